The van der Waals surface area contributed by atoms with Crippen LogP contribution >= 0.6 is 0 Å². The molecule has 0 fully saturated rings. The zero-order valence-corrected chi connectivity index (χ0v) is 16.6. The van der Waals surface area contributed by atoms with E-state index in [1.807, 2.05) is 67.4 Å². The van der Waals surface area contributed by atoms with Crippen molar-refractivity contribution in [3.8, 4) is 0 Å². The van der Waals surface area contributed by atoms with Gasteiger partial charge < -0.3 is 14.9 Å². The van der Waals surface area contributed by atoms with Gasteiger partial charge in [0.15, 0.2) is 5.37 Å². The van der Waals surface area contributed by atoms with Gasteiger partial charge in [-0.2, -0.15) is 8.42 Å². The highest BCUT2D eigenvalue weighted by molar-refractivity contribution is 7.86. The van der Waals surface area contributed by atoms with E-state index in [0.29, 0.717) is 25.9 Å². The fourth-order valence-electron chi connectivity index (χ4n) is 2.90. The molecule has 1 unspecified atom stereocenters. The Balaban J connectivity index is 1.99. The van der Waals surface area contributed by atoms with Crippen LogP contribution in [0.5, 0.6) is 0 Å². The summed E-state index contributed by atoms with van der Waals surface area (Å²) in [4.78, 5) is 3.62. The average molecular weight is 393 g/mol. The lowest BCUT2D eigenvalue weighted by molar-refractivity contribution is 0.304. The van der Waals surface area contributed by atoms with Crippen molar-refractivity contribution in [2.24, 2.45) is 0 Å². The Morgan fingerprint density at radius 2 is 1.96 bits per heavy atom. The molecule has 7 heteroatoms. The molecule has 6 nitrogen and oxygen atoms in total. The molecule has 0 radical (unpaired) electrons. The van der Waals surface area contributed by atoms with E-state index in [-0.39, 0.29) is 6.61 Å². The van der Waals surface area contributed by atoms with Crippen molar-refractivity contribution in [1.82, 2.24) is 4.90 Å². The number of hydrogen-bond donors (Lipinski definition) is 2. The van der Waals surface area contributed by atoms with Crippen molar-refractivity contribution in [3.63, 3.8) is 0 Å². The lowest BCUT2D eigenvalue weighted by atomic mass is 10.1. The third-order valence-corrected chi connectivity index (χ3v) is 5.68. The van der Waals surface area contributed by atoms with Gasteiger partial charge in [0.2, 0.25) is 0 Å². The van der Waals surface area contributed by atoms with E-state index in [4.69, 9.17) is 5.11 Å². The largest absolute Gasteiger partial charge is 0.395 e. The summed E-state index contributed by atoms with van der Waals surface area (Å²) >= 11 is 0. The predicted octanol–water partition coefficient (Wildman–Crippen LogP) is 2.90. The van der Waals surface area contributed by atoms with E-state index in [1.165, 1.54) is 0 Å². The first-order valence-electron chi connectivity index (χ1n) is 9.05. The number of hydrogen-bond acceptors (Lipinski definition) is 5. The summed E-state index contributed by atoms with van der Waals surface area (Å²) in [6, 6.07) is 8.02. The Bertz CT molecular complexity index is 798. The van der Waals surface area contributed by atoms with Crippen LogP contribution in [0.2, 0.25) is 0 Å². The summed E-state index contributed by atoms with van der Waals surface area (Å²) in [7, 11) is -2.17. The first-order valence-corrected chi connectivity index (χ1v) is 10.6. The molecule has 27 heavy (non-hydrogen) atoms. The standard InChI is InChI=1S/C20H28N2O4S/c1-3-4-20(27(24,25)26)22-13-11-18(12-14-22)6-5-17-7-9-19(10-8-17)21(2)15-16-23/h5-13,20,23H,3-4,14-16H2,1-2H3,(H,24,25,26)/b6-5+. The molecule has 2 rings (SSSR count). The highest BCUT2D eigenvalue weighted by Gasteiger charge is 2.27. The van der Waals surface area contributed by atoms with Gasteiger partial charge in [-0.1, -0.05) is 43.7 Å². The third kappa shape index (κ3) is 6.23. The number of rotatable bonds is 9. The van der Waals surface area contributed by atoms with Crippen molar-refractivity contribution in [2.45, 2.75) is 25.1 Å². The maximum Gasteiger partial charge on any atom is 0.286 e. The molecular weight excluding hydrogens is 364 g/mol. The molecule has 1 aliphatic heterocycles. The molecule has 0 amide bonds. The molecule has 0 bridgehead atoms. The molecular formula is C20H28N2O4S. The van der Waals surface area contributed by atoms with Crippen LogP contribution in [-0.2, 0) is 10.1 Å². The Labute approximate surface area is 161 Å². The molecule has 1 atom stereocenters. The number of anilines is 1. The lowest BCUT2D eigenvalue weighted by Gasteiger charge is -2.29. The van der Waals surface area contributed by atoms with Crippen molar-refractivity contribution < 1.29 is 18.1 Å². The molecule has 2 N–H and O–H groups in total. The first-order chi connectivity index (χ1) is 12.8. The topological polar surface area (TPSA) is 81.1 Å². The third-order valence-electron chi connectivity index (χ3n) is 4.48. The van der Waals surface area contributed by atoms with E-state index in [2.05, 4.69) is 0 Å². The average Bonchev–Trinajstić information content (AvgIpc) is 2.65. The second-order valence-corrected chi connectivity index (χ2v) is 8.12. The summed E-state index contributed by atoms with van der Waals surface area (Å²) in [6.07, 6.45) is 10.5. The van der Waals surface area contributed by atoms with E-state index in [1.54, 1.807) is 11.1 Å². The van der Waals surface area contributed by atoms with Crippen molar-refractivity contribution in [1.29, 1.82) is 0 Å². The number of aliphatic hydroxyl groups excluding tert-OH is 1. The molecule has 1 aromatic rings. The van der Waals surface area contributed by atoms with Crippen LogP contribution < -0.4 is 4.90 Å². The zero-order valence-electron chi connectivity index (χ0n) is 15.8. The van der Waals surface area contributed by atoms with Gasteiger partial charge in [-0.25, -0.2) is 0 Å². The number of nitrogens with zero attached hydrogens (tertiary/aromatic N) is 2. The van der Waals surface area contributed by atoms with Crippen LogP contribution in [0.4, 0.5) is 5.69 Å². The monoisotopic (exact) mass is 392 g/mol. The maximum atomic E-state index is 11.6. The molecule has 0 saturated carbocycles. The van der Waals surface area contributed by atoms with Crippen LogP contribution in [0.25, 0.3) is 6.08 Å². The normalized spacial score (nSPS) is 15.9. The van der Waals surface area contributed by atoms with Crippen LogP contribution in [0.1, 0.15) is 25.3 Å². The van der Waals surface area contributed by atoms with Crippen LogP contribution in [0, 0.1) is 0 Å². The van der Waals surface area contributed by atoms with E-state index >= 15 is 0 Å². The number of likely N-dealkylation sites (N-methyl/N-ethyl adjacent to an activating group) is 1. The fraction of sp³-hybridized carbons (Fsp3) is 0.400. The quantitative estimate of drug-likeness (QED) is 0.629. The van der Waals surface area contributed by atoms with E-state index in [0.717, 1.165) is 16.8 Å². The first kappa shape index (κ1) is 21.2. The summed E-state index contributed by atoms with van der Waals surface area (Å²) in [5.41, 5.74) is 3.08. The smallest absolute Gasteiger partial charge is 0.286 e. The van der Waals surface area contributed by atoms with Crippen LogP contribution in [0.15, 0.2) is 54.3 Å². The lowest BCUT2D eigenvalue weighted by Crippen LogP contribution is -2.38. The van der Waals surface area contributed by atoms with E-state index in [9.17, 15) is 13.0 Å². The second-order valence-electron chi connectivity index (χ2n) is 6.54. The van der Waals surface area contributed by atoms with Crippen molar-refractivity contribution >= 4 is 21.9 Å². The van der Waals surface area contributed by atoms with Gasteiger partial charge in [-0.3, -0.25) is 4.55 Å². The zero-order chi connectivity index (χ0) is 19.9. The van der Waals surface area contributed by atoms with Crippen molar-refractivity contribution in [2.75, 3.05) is 31.6 Å². The van der Waals surface area contributed by atoms with Gasteiger partial charge in [-0.05, 0) is 35.8 Å². The molecule has 1 aliphatic rings. The van der Waals surface area contributed by atoms with Gasteiger partial charge in [0.1, 0.15) is 0 Å². The summed E-state index contributed by atoms with van der Waals surface area (Å²) < 4.78 is 32.5. The minimum absolute atomic E-state index is 0.117. The number of aliphatic hydroxyl groups is 1. The molecule has 0 aromatic heterocycles. The highest BCUT2D eigenvalue weighted by Crippen LogP contribution is 2.19. The van der Waals surface area contributed by atoms with Crippen LogP contribution in [-0.4, -0.2) is 55.1 Å². The highest BCUT2D eigenvalue weighted by atomic mass is 32.2. The molecule has 0 spiro atoms. The SMILES string of the molecule is CCCC(N1C=CC(/C=C/c2ccc(N(C)CCO)cc2)=CC1)S(=O)(=O)O. The van der Waals surface area contributed by atoms with Crippen LogP contribution in [0.3, 0.4) is 0 Å². The van der Waals surface area contributed by atoms with Gasteiger partial charge in [-0.15, -0.1) is 0 Å². The second kappa shape index (κ2) is 9.73. The minimum Gasteiger partial charge on any atom is -0.395 e. The molecule has 0 saturated heterocycles. The molecule has 0 aliphatic carbocycles. The van der Waals surface area contributed by atoms with Gasteiger partial charge in [0.25, 0.3) is 10.1 Å². The minimum atomic E-state index is -4.11. The molecule has 1 heterocycles. The fourth-order valence-corrected chi connectivity index (χ4v) is 3.94. The molecule has 148 valence electrons. The maximum absolute atomic E-state index is 11.6. The van der Waals surface area contributed by atoms with Gasteiger partial charge in [0.05, 0.1) is 6.61 Å². The Hall–Kier alpha value is -2.09. The summed E-state index contributed by atoms with van der Waals surface area (Å²) in [5, 5.41) is 8.09. The Morgan fingerprint density at radius 1 is 1.26 bits per heavy atom. The van der Waals surface area contributed by atoms with Crippen molar-refractivity contribution in [3.05, 3.63) is 59.8 Å². The van der Waals surface area contributed by atoms with Gasteiger partial charge >= 0.3 is 0 Å². The molecule has 1 aromatic carbocycles. The summed E-state index contributed by atoms with van der Waals surface area (Å²) in [5.74, 6) is 0. The van der Waals surface area contributed by atoms with Gasteiger partial charge in [0, 0.05) is 32.0 Å². The van der Waals surface area contributed by atoms with E-state index < -0.39 is 15.5 Å². The predicted molar refractivity (Wildman–Crippen MR) is 110 cm³/mol. The number of allylic oxidation sites excluding steroid dienone is 3. The Morgan fingerprint density at radius 3 is 2.48 bits per heavy atom. The summed E-state index contributed by atoms with van der Waals surface area (Å²) in [6.45, 7) is 3.03. The Kier molecular flexibility index (Phi) is 7.65. The number of benzene rings is 1.